The number of carbonyl (C=O) groups excluding carboxylic acids is 1. The Bertz CT molecular complexity index is 1010. The number of fused-ring (bicyclic) bond motifs is 1. The zero-order valence-corrected chi connectivity index (χ0v) is 17.7. The first-order chi connectivity index (χ1) is 14.8. The Balaban J connectivity index is 0.00000113. The van der Waals surface area contributed by atoms with Crippen LogP contribution in [0.1, 0.15) is 25.2 Å². The fourth-order valence-electron chi connectivity index (χ4n) is 2.45. The number of sulfonamides is 1. The van der Waals surface area contributed by atoms with Gasteiger partial charge in [-0.2, -0.15) is 0 Å². The molecule has 0 bridgehead atoms. The zero-order chi connectivity index (χ0) is 23.6. The monoisotopic (exact) mass is 462 g/mol. The van der Waals surface area contributed by atoms with Crippen LogP contribution in [0.4, 0.5) is 13.2 Å². The van der Waals surface area contributed by atoms with Gasteiger partial charge >= 0.3 is 5.91 Å². The molecule has 170 valence electrons. The van der Waals surface area contributed by atoms with E-state index in [1.165, 1.54) is 18.4 Å². The van der Waals surface area contributed by atoms with Crippen molar-refractivity contribution >= 4 is 22.0 Å². The van der Waals surface area contributed by atoms with Crippen molar-refractivity contribution in [2.24, 2.45) is 5.18 Å². The molecule has 0 radical (unpaired) electrons. The largest absolute Gasteiger partial charge is 0.479 e. The van der Waals surface area contributed by atoms with Gasteiger partial charge in [0.25, 0.3) is 6.43 Å². The van der Waals surface area contributed by atoms with Gasteiger partial charge in [-0.3, -0.25) is 9.18 Å². The molecule has 31 heavy (non-hydrogen) atoms. The molecule has 8 nitrogen and oxygen atoms in total. The van der Waals surface area contributed by atoms with Gasteiger partial charge in [-0.1, -0.05) is 13.8 Å². The molecule has 0 aliphatic carbocycles. The van der Waals surface area contributed by atoms with Gasteiger partial charge in [0, 0.05) is 10.7 Å². The normalized spacial score (nSPS) is 14.7. The molecule has 1 N–H and O–H groups in total. The molecule has 0 fully saturated rings. The standard InChI is InChI=1S/C16H12F2N2O6S.C2H6.CH3F/c17-15(18)14-12(16(21)20-22)7-9-6-11(3-4-13(9)26-14)27(23,24)19-8-10-2-1-5-25-10;2*1-2/h1-7,14-15,19H,8H2;1-2H3;1H3. The van der Waals surface area contributed by atoms with E-state index in [0.717, 1.165) is 12.1 Å². The Morgan fingerprint density at radius 1 is 1.23 bits per heavy atom. The van der Waals surface area contributed by atoms with E-state index in [1.54, 1.807) is 12.1 Å². The van der Waals surface area contributed by atoms with Crippen molar-refractivity contribution in [3.05, 3.63) is 58.4 Å². The minimum Gasteiger partial charge on any atom is -0.479 e. The van der Waals surface area contributed by atoms with E-state index in [0.29, 0.717) is 12.9 Å². The molecule has 0 saturated carbocycles. The van der Waals surface area contributed by atoms with Crippen LogP contribution < -0.4 is 9.46 Å². The second kappa shape index (κ2) is 12.0. The van der Waals surface area contributed by atoms with E-state index in [-0.39, 0.29) is 22.8 Å². The molecule has 2 aromatic rings. The number of ether oxygens (including phenoxy) is 1. The summed E-state index contributed by atoms with van der Waals surface area (Å²) in [4.78, 5) is 21.8. The van der Waals surface area contributed by atoms with Crippen LogP contribution in [0.25, 0.3) is 6.08 Å². The Hall–Kier alpha value is -2.99. The third-order valence-corrected chi connectivity index (χ3v) is 5.14. The number of nitrogens with zero attached hydrogens (tertiary/aromatic N) is 1. The van der Waals surface area contributed by atoms with Crippen molar-refractivity contribution in [3.8, 4) is 5.75 Å². The molecule has 1 atom stereocenters. The van der Waals surface area contributed by atoms with Crippen LogP contribution in [0, 0.1) is 4.91 Å². The lowest BCUT2D eigenvalue weighted by Crippen LogP contribution is -2.33. The molecule has 0 saturated heterocycles. The zero-order valence-electron chi connectivity index (χ0n) is 16.8. The molecule has 1 aromatic carbocycles. The lowest BCUT2D eigenvalue weighted by molar-refractivity contribution is -0.116. The number of benzene rings is 1. The van der Waals surface area contributed by atoms with Gasteiger partial charge in [-0.05, 0) is 36.4 Å². The first-order valence-corrected chi connectivity index (χ1v) is 10.4. The van der Waals surface area contributed by atoms with E-state index >= 15 is 0 Å². The van der Waals surface area contributed by atoms with E-state index in [4.69, 9.17) is 9.15 Å². The summed E-state index contributed by atoms with van der Waals surface area (Å²) in [7, 11) is -3.46. The van der Waals surface area contributed by atoms with Gasteiger partial charge in [0.15, 0.2) is 6.10 Å². The number of hydrogen-bond acceptors (Lipinski definition) is 6. The van der Waals surface area contributed by atoms with Crippen molar-refractivity contribution in [1.82, 2.24) is 4.72 Å². The number of rotatable bonds is 6. The van der Waals surface area contributed by atoms with Crippen molar-refractivity contribution in [1.29, 1.82) is 0 Å². The van der Waals surface area contributed by atoms with Crippen LogP contribution in [0.3, 0.4) is 0 Å². The first-order valence-electron chi connectivity index (χ1n) is 8.90. The Labute approximate surface area is 177 Å². The Morgan fingerprint density at radius 3 is 2.45 bits per heavy atom. The molecule has 12 heteroatoms. The molecular weight excluding hydrogens is 441 g/mol. The van der Waals surface area contributed by atoms with Crippen LogP contribution >= 0.6 is 0 Å². The summed E-state index contributed by atoms with van der Waals surface area (Å²) in [5.41, 5.74) is -0.592. The van der Waals surface area contributed by atoms with Crippen LogP contribution in [-0.2, 0) is 21.4 Å². The first kappa shape index (κ1) is 26.0. The van der Waals surface area contributed by atoms with E-state index in [9.17, 15) is 31.3 Å². The maximum absolute atomic E-state index is 13.1. The van der Waals surface area contributed by atoms with Gasteiger partial charge in [0.05, 0.1) is 30.5 Å². The third kappa shape index (κ3) is 6.49. The van der Waals surface area contributed by atoms with Gasteiger partial charge < -0.3 is 9.15 Å². The number of carbonyl (C=O) groups is 1. The number of nitrogens with one attached hydrogen (secondary N) is 1. The molecule has 1 aliphatic heterocycles. The highest BCUT2D eigenvalue weighted by atomic mass is 32.2. The number of halogens is 3. The highest BCUT2D eigenvalue weighted by Gasteiger charge is 2.35. The lowest BCUT2D eigenvalue weighted by Gasteiger charge is -2.25. The maximum Gasteiger partial charge on any atom is 0.316 e. The average molecular weight is 462 g/mol. The lowest BCUT2D eigenvalue weighted by atomic mass is 10.0. The Kier molecular flexibility index (Phi) is 10.1. The van der Waals surface area contributed by atoms with E-state index < -0.39 is 34.0 Å². The summed E-state index contributed by atoms with van der Waals surface area (Å²) in [5, 5.41) is 2.14. The fourth-order valence-corrected chi connectivity index (χ4v) is 3.48. The molecule has 2 heterocycles. The minimum absolute atomic E-state index is 0.0484. The van der Waals surface area contributed by atoms with Gasteiger partial charge in [0.2, 0.25) is 10.0 Å². The molecule has 3 rings (SSSR count). The summed E-state index contributed by atoms with van der Waals surface area (Å²) >= 11 is 0. The number of amides is 1. The van der Waals surface area contributed by atoms with Crippen molar-refractivity contribution < 1.29 is 35.5 Å². The molecule has 1 aliphatic rings. The van der Waals surface area contributed by atoms with E-state index in [1.807, 2.05) is 13.8 Å². The van der Waals surface area contributed by atoms with Gasteiger partial charge in [0.1, 0.15) is 11.5 Å². The highest BCUT2D eigenvalue weighted by molar-refractivity contribution is 7.89. The third-order valence-electron chi connectivity index (χ3n) is 3.74. The maximum atomic E-state index is 13.1. The summed E-state index contributed by atoms with van der Waals surface area (Å²) in [5.74, 6) is -1.06. The van der Waals surface area contributed by atoms with Gasteiger partial charge in [-0.15, -0.1) is 4.91 Å². The number of alkyl halides is 3. The van der Waals surface area contributed by atoms with Crippen LogP contribution in [0.2, 0.25) is 0 Å². The molecule has 1 amide bonds. The summed E-state index contributed by atoms with van der Waals surface area (Å²) in [6, 6.07) is 6.69. The van der Waals surface area contributed by atoms with Crippen LogP contribution in [-0.4, -0.2) is 34.0 Å². The quantitative estimate of drug-likeness (QED) is 0.647. The van der Waals surface area contributed by atoms with Gasteiger partial charge in [-0.25, -0.2) is 21.9 Å². The fraction of sp³-hybridized carbons (Fsp3) is 0.316. The van der Waals surface area contributed by atoms with Crippen LogP contribution in [0.5, 0.6) is 5.75 Å². The smallest absolute Gasteiger partial charge is 0.316 e. The molecule has 1 aromatic heterocycles. The van der Waals surface area contributed by atoms with Crippen LogP contribution in [0.15, 0.2) is 56.7 Å². The number of furan rings is 1. The second-order valence-corrected chi connectivity index (χ2v) is 7.24. The summed E-state index contributed by atoms with van der Waals surface area (Å²) < 4.78 is 72.9. The second-order valence-electron chi connectivity index (χ2n) is 5.47. The summed E-state index contributed by atoms with van der Waals surface area (Å²) in [6.07, 6.45) is -2.66. The number of nitroso groups, excluding NO2 is 1. The Morgan fingerprint density at radius 2 is 1.90 bits per heavy atom. The van der Waals surface area contributed by atoms with Crippen molar-refractivity contribution in [2.75, 3.05) is 7.18 Å². The average Bonchev–Trinajstić information content (AvgIpc) is 3.32. The highest BCUT2D eigenvalue weighted by Crippen LogP contribution is 2.34. The molecular formula is C19H21F3N2O6S. The van der Waals surface area contributed by atoms with E-state index in [2.05, 4.69) is 9.90 Å². The van der Waals surface area contributed by atoms with Crippen molar-refractivity contribution in [3.63, 3.8) is 0 Å². The molecule has 1 unspecified atom stereocenters. The topological polar surface area (TPSA) is 115 Å². The number of hydrogen-bond donors (Lipinski definition) is 1. The predicted molar refractivity (Wildman–Crippen MR) is 107 cm³/mol. The molecule has 0 spiro atoms. The van der Waals surface area contributed by atoms with Crippen molar-refractivity contribution in [2.45, 2.75) is 37.8 Å². The minimum atomic E-state index is -3.96. The summed E-state index contributed by atoms with van der Waals surface area (Å²) in [6.45, 7) is 3.91. The SMILES string of the molecule is CC.CF.O=NC(=O)C1=Cc2cc(S(=O)(=O)NCc3ccco3)ccc2OC1C(F)F. The predicted octanol–water partition coefficient (Wildman–Crippen LogP) is 4.07.